The minimum atomic E-state index is -0.0712. The van der Waals surface area contributed by atoms with Crippen molar-refractivity contribution in [3.63, 3.8) is 0 Å². The summed E-state index contributed by atoms with van der Waals surface area (Å²) < 4.78 is 10.6. The van der Waals surface area contributed by atoms with Crippen LogP contribution < -0.4 is 5.32 Å². The van der Waals surface area contributed by atoms with Crippen molar-refractivity contribution >= 4 is 5.91 Å². The molecule has 0 saturated carbocycles. The average Bonchev–Trinajstić information content (AvgIpc) is 2.22. The zero-order chi connectivity index (χ0) is 13.1. The summed E-state index contributed by atoms with van der Waals surface area (Å²) in [7, 11) is 0. The summed E-state index contributed by atoms with van der Waals surface area (Å²) in [5.74, 6) is 1.05. The predicted octanol–water partition coefficient (Wildman–Crippen LogP) is 2.08. The first-order valence-electron chi connectivity index (χ1n) is 6.44. The molecule has 0 aliphatic heterocycles. The van der Waals surface area contributed by atoms with Gasteiger partial charge in [0.15, 0.2) is 0 Å². The molecule has 1 N–H and O–H groups in total. The molecule has 0 aromatic carbocycles. The standard InChI is InChI=1S/C13H27NO3.H2/c1-11(2)5-7-16-8-6-14-13(15)10-17-9-12(3)4;/h11-12H,5-10H2,1-4H3,(H,14,15);1H. The smallest absolute Gasteiger partial charge is 0.246 e. The maximum Gasteiger partial charge on any atom is 0.246 e. The molecule has 0 unspecified atom stereocenters. The van der Waals surface area contributed by atoms with Crippen LogP contribution in [0.4, 0.5) is 0 Å². The maximum atomic E-state index is 11.3. The van der Waals surface area contributed by atoms with Gasteiger partial charge in [0.1, 0.15) is 6.61 Å². The highest BCUT2D eigenvalue weighted by atomic mass is 16.5. The molecule has 0 atom stereocenters. The van der Waals surface area contributed by atoms with Crippen LogP contribution in [0, 0.1) is 11.8 Å². The van der Waals surface area contributed by atoms with Crippen LogP contribution >= 0.6 is 0 Å². The first-order chi connectivity index (χ1) is 8.02. The molecule has 0 bridgehead atoms. The number of rotatable bonds is 10. The Bertz CT molecular complexity index is 199. The Kier molecular flexibility index (Phi) is 10.2. The van der Waals surface area contributed by atoms with Crippen LogP contribution in [0.5, 0.6) is 0 Å². The third kappa shape index (κ3) is 13.3. The lowest BCUT2D eigenvalue weighted by molar-refractivity contribution is -0.126. The molecule has 1 amide bonds. The molecule has 0 aliphatic carbocycles. The predicted molar refractivity (Wildman–Crippen MR) is 71.1 cm³/mol. The van der Waals surface area contributed by atoms with Gasteiger partial charge in [0.2, 0.25) is 5.91 Å². The number of carbonyl (C=O) groups excluding carboxylic acids is 1. The molecule has 0 rings (SSSR count). The van der Waals surface area contributed by atoms with E-state index in [0.29, 0.717) is 31.6 Å². The summed E-state index contributed by atoms with van der Waals surface area (Å²) in [6, 6.07) is 0. The second kappa shape index (κ2) is 10.5. The Morgan fingerprint density at radius 2 is 1.82 bits per heavy atom. The molecule has 0 aliphatic rings. The van der Waals surface area contributed by atoms with Gasteiger partial charge >= 0.3 is 0 Å². The zero-order valence-electron chi connectivity index (χ0n) is 11.6. The fourth-order valence-corrected chi connectivity index (χ4v) is 1.12. The van der Waals surface area contributed by atoms with E-state index in [2.05, 4.69) is 33.0 Å². The van der Waals surface area contributed by atoms with E-state index in [1.807, 2.05) is 0 Å². The van der Waals surface area contributed by atoms with Gasteiger partial charge in [0, 0.05) is 21.2 Å². The molecule has 0 aromatic heterocycles. The van der Waals surface area contributed by atoms with Gasteiger partial charge in [0.25, 0.3) is 0 Å². The van der Waals surface area contributed by atoms with Crippen molar-refractivity contribution in [2.45, 2.75) is 34.1 Å². The summed E-state index contributed by atoms with van der Waals surface area (Å²) in [6.45, 7) is 11.1. The van der Waals surface area contributed by atoms with Crippen molar-refractivity contribution in [2.75, 3.05) is 33.0 Å². The van der Waals surface area contributed by atoms with Crippen molar-refractivity contribution in [3.05, 3.63) is 0 Å². The van der Waals surface area contributed by atoms with Crippen molar-refractivity contribution < 1.29 is 15.7 Å². The van der Waals surface area contributed by atoms with Gasteiger partial charge in [-0.3, -0.25) is 4.79 Å². The Morgan fingerprint density at radius 3 is 2.41 bits per heavy atom. The second-order valence-corrected chi connectivity index (χ2v) is 5.05. The Balaban J connectivity index is 0. The summed E-state index contributed by atoms with van der Waals surface area (Å²) in [5, 5.41) is 2.76. The van der Waals surface area contributed by atoms with E-state index in [1.54, 1.807) is 0 Å². The number of ether oxygens (including phenoxy) is 2. The van der Waals surface area contributed by atoms with E-state index in [-0.39, 0.29) is 13.9 Å². The van der Waals surface area contributed by atoms with Crippen molar-refractivity contribution in [1.82, 2.24) is 5.32 Å². The fourth-order valence-electron chi connectivity index (χ4n) is 1.12. The molecule has 0 saturated heterocycles. The van der Waals surface area contributed by atoms with Gasteiger partial charge in [-0.25, -0.2) is 0 Å². The molecule has 4 nitrogen and oxygen atoms in total. The lowest BCUT2D eigenvalue weighted by Crippen LogP contribution is -2.31. The van der Waals surface area contributed by atoms with Crippen molar-refractivity contribution in [2.24, 2.45) is 11.8 Å². The number of amides is 1. The molecule has 4 heteroatoms. The molecule has 17 heavy (non-hydrogen) atoms. The van der Waals surface area contributed by atoms with Gasteiger partial charge in [-0.05, 0) is 18.3 Å². The third-order valence-corrected chi connectivity index (χ3v) is 2.09. The van der Waals surface area contributed by atoms with E-state index in [1.165, 1.54) is 0 Å². The number of hydrogen-bond acceptors (Lipinski definition) is 3. The summed E-state index contributed by atoms with van der Waals surface area (Å²) in [5.41, 5.74) is 0. The number of hydrogen-bond donors (Lipinski definition) is 1. The van der Waals surface area contributed by atoms with Gasteiger partial charge in [-0.2, -0.15) is 0 Å². The van der Waals surface area contributed by atoms with Crippen LogP contribution in [0.1, 0.15) is 35.5 Å². The molecule has 0 spiro atoms. The van der Waals surface area contributed by atoms with Crippen LogP contribution in [-0.4, -0.2) is 38.9 Å². The maximum absolute atomic E-state index is 11.3. The summed E-state index contributed by atoms with van der Waals surface area (Å²) in [4.78, 5) is 11.3. The SMILES string of the molecule is CC(C)CCOCCNC(=O)COCC(C)C.[HH]. The molecule has 0 heterocycles. The molecular formula is C13H29NO3. The second-order valence-electron chi connectivity index (χ2n) is 5.05. The largest absolute Gasteiger partial charge is 0.380 e. The quantitative estimate of drug-likeness (QED) is 0.601. The highest BCUT2D eigenvalue weighted by molar-refractivity contribution is 5.77. The van der Waals surface area contributed by atoms with E-state index >= 15 is 0 Å². The van der Waals surface area contributed by atoms with E-state index < -0.39 is 0 Å². The fraction of sp³-hybridized carbons (Fsp3) is 0.923. The summed E-state index contributed by atoms with van der Waals surface area (Å²) in [6.07, 6.45) is 1.06. The van der Waals surface area contributed by atoms with Crippen LogP contribution in [0.3, 0.4) is 0 Å². The van der Waals surface area contributed by atoms with Crippen LogP contribution in [-0.2, 0) is 14.3 Å². The average molecular weight is 247 g/mol. The van der Waals surface area contributed by atoms with Crippen molar-refractivity contribution in [1.29, 1.82) is 0 Å². The number of carbonyl (C=O) groups is 1. The van der Waals surface area contributed by atoms with E-state index in [4.69, 9.17) is 9.47 Å². The highest BCUT2D eigenvalue weighted by Gasteiger charge is 2.01. The normalized spacial score (nSPS) is 11.2. The lowest BCUT2D eigenvalue weighted by Gasteiger charge is -2.09. The first kappa shape index (κ1) is 16.4. The van der Waals surface area contributed by atoms with Gasteiger partial charge < -0.3 is 14.8 Å². The Hall–Kier alpha value is -0.610. The highest BCUT2D eigenvalue weighted by Crippen LogP contribution is 1.98. The minimum absolute atomic E-state index is 0. The lowest BCUT2D eigenvalue weighted by atomic mass is 10.1. The monoisotopic (exact) mass is 247 g/mol. The molecule has 0 radical (unpaired) electrons. The van der Waals surface area contributed by atoms with Crippen molar-refractivity contribution in [3.8, 4) is 0 Å². The van der Waals surface area contributed by atoms with Crippen LogP contribution in [0.15, 0.2) is 0 Å². The van der Waals surface area contributed by atoms with E-state index in [0.717, 1.165) is 13.0 Å². The molecular weight excluding hydrogens is 218 g/mol. The topological polar surface area (TPSA) is 47.6 Å². The third-order valence-electron chi connectivity index (χ3n) is 2.09. The van der Waals surface area contributed by atoms with Gasteiger partial charge in [0.05, 0.1) is 6.61 Å². The van der Waals surface area contributed by atoms with Crippen LogP contribution in [0.25, 0.3) is 0 Å². The Morgan fingerprint density at radius 1 is 1.12 bits per heavy atom. The van der Waals surface area contributed by atoms with E-state index in [9.17, 15) is 4.79 Å². The molecule has 104 valence electrons. The Labute approximate surface area is 107 Å². The number of nitrogens with one attached hydrogen (secondary N) is 1. The first-order valence-corrected chi connectivity index (χ1v) is 6.44. The molecule has 0 aromatic rings. The summed E-state index contributed by atoms with van der Waals surface area (Å²) >= 11 is 0. The van der Waals surface area contributed by atoms with Gasteiger partial charge in [-0.15, -0.1) is 0 Å². The zero-order valence-corrected chi connectivity index (χ0v) is 11.6. The van der Waals surface area contributed by atoms with Crippen LogP contribution in [0.2, 0.25) is 0 Å². The minimum Gasteiger partial charge on any atom is -0.380 e. The van der Waals surface area contributed by atoms with Gasteiger partial charge in [-0.1, -0.05) is 27.7 Å². The molecule has 0 fully saturated rings.